The molecule has 0 unspecified atom stereocenters. The Kier molecular flexibility index (Phi) is 2.23. The summed E-state index contributed by atoms with van der Waals surface area (Å²) in [5, 5.41) is 0. The van der Waals surface area contributed by atoms with Crippen LogP contribution in [0.1, 0.15) is 24.3 Å². The zero-order valence-corrected chi connectivity index (χ0v) is 7.86. The Hall–Kier alpha value is -1.02. The van der Waals surface area contributed by atoms with E-state index in [9.17, 15) is 0 Å². The van der Waals surface area contributed by atoms with E-state index < -0.39 is 0 Å². The molecule has 1 aromatic carbocycles. The molecule has 2 nitrogen and oxygen atoms in total. The summed E-state index contributed by atoms with van der Waals surface area (Å²) in [7, 11) is 1.78. The van der Waals surface area contributed by atoms with Gasteiger partial charge in [0, 0.05) is 12.8 Å². The van der Waals surface area contributed by atoms with Crippen LogP contribution >= 0.6 is 0 Å². The molecule has 1 aromatic rings. The Morgan fingerprint density at radius 2 is 2.15 bits per heavy atom. The third-order valence-electron chi connectivity index (χ3n) is 2.81. The highest BCUT2D eigenvalue weighted by molar-refractivity contribution is 5.42. The number of nitrogens with two attached hydrogens (primary N) is 1. The molecule has 1 aliphatic rings. The Morgan fingerprint density at radius 3 is 2.77 bits per heavy atom. The Balaban J connectivity index is 2.03. The second-order valence-electron chi connectivity index (χ2n) is 3.70. The number of benzene rings is 1. The highest BCUT2D eigenvalue weighted by Crippen LogP contribution is 2.38. The first-order valence-corrected chi connectivity index (χ1v) is 4.68. The summed E-state index contributed by atoms with van der Waals surface area (Å²) in [6.45, 7) is 0. The van der Waals surface area contributed by atoms with Crippen molar-refractivity contribution in [2.45, 2.75) is 24.9 Å². The van der Waals surface area contributed by atoms with E-state index in [0.717, 1.165) is 18.5 Å². The molecular formula is C11H15NO. The van der Waals surface area contributed by atoms with Gasteiger partial charge in [0.05, 0.1) is 6.10 Å². The standard InChI is InChI=1S/C11H15NO/c1-13-11-6-9(7-11)8-3-2-4-10(12)5-8/h2-5,9,11H,6-7,12H2,1H3. The van der Waals surface area contributed by atoms with Crippen molar-refractivity contribution in [2.24, 2.45) is 0 Å². The van der Waals surface area contributed by atoms with Crippen LogP contribution < -0.4 is 5.73 Å². The van der Waals surface area contributed by atoms with Gasteiger partial charge < -0.3 is 10.5 Å². The summed E-state index contributed by atoms with van der Waals surface area (Å²) in [6.07, 6.45) is 2.74. The van der Waals surface area contributed by atoms with E-state index >= 15 is 0 Å². The van der Waals surface area contributed by atoms with E-state index in [1.54, 1.807) is 7.11 Å². The molecule has 13 heavy (non-hydrogen) atoms. The van der Waals surface area contributed by atoms with Crippen LogP contribution in [-0.2, 0) is 4.74 Å². The van der Waals surface area contributed by atoms with E-state index in [1.807, 2.05) is 12.1 Å². The number of anilines is 1. The minimum Gasteiger partial charge on any atom is -0.399 e. The summed E-state index contributed by atoms with van der Waals surface area (Å²) in [6, 6.07) is 8.16. The zero-order valence-electron chi connectivity index (χ0n) is 7.86. The molecule has 2 heteroatoms. The highest BCUT2D eigenvalue weighted by atomic mass is 16.5. The molecule has 0 bridgehead atoms. The van der Waals surface area contributed by atoms with Gasteiger partial charge in [0.25, 0.3) is 0 Å². The fourth-order valence-corrected chi connectivity index (χ4v) is 1.84. The van der Waals surface area contributed by atoms with Crippen LogP contribution in [-0.4, -0.2) is 13.2 Å². The van der Waals surface area contributed by atoms with Crippen molar-refractivity contribution in [2.75, 3.05) is 12.8 Å². The summed E-state index contributed by atoms with van der Waals surface area (Å²) < 4.78 is 5.24. The summed E-state index contributed by atoms with van der Waals surface area (Å²) in [5.41, 5.74) is 7.93. The van der Waals surface area contributed by atoms with Gasteiger partial charge in [-0.15, -0.1) is 0 Å². The van der Waals surface area contributed by atoms with Gasteiger partial charge in [-0.25, -0.2) is 0 Å². The maximum atomic E-state index is 5.71. The fraction of sp³-hybridized carbons (Fsp3) is 0.455. The lowest BCUT2D eigenvalue weighted by Crippen LogP contribution is -2.28. The van der Waals surface area contributed by atoms with E-state index in [-0.39, 0.29) is 0 Å². The van der Waals surface area contributed by atoms with Gasteiger partial charge in [0.1, 0.15) is 0 Å². The molecule has 2 N–H and O–H groups in total. The quantitative estimate of drug-likeness (QED) is 0.702. The third kappa shape index (κ3) is 1.68. The first-order chi connectivity index (χ1) is 6.29. The largest absolute Gasteiger partial charge is 0.399 e. The molecular weight excluding hydrogens is 162 g/mol. The van der Waals surface area contributed by atoms with Gasteiger partial charge in [0.15, 0.2) is 0 Å². The average molecular weight is 177 g/mol. The molecule has 1 aliphatic carbocycles. The van der Waals surface area contributed by atoms with Crippen LogP contribution in [0.4, 0.5) is 5.69 Å². The first-order valence-electron chi connectivity index (χ1n) is 4.68. The normalized spacial score (nSPS) is 26.8. The van der Waals surface area contributed by atoms with Gasteiger partial charge in [-0.1, -0.05) is 12.1 Å². The predicted octanol–water partition coefficient (Wildman–Crippen LogP) is 2.16. The van der Waals surface area contributed by atoms with E-state index in [0.29, 0.717) is 12.0 Å². The monoisotopic (exact) mass is 177 g/mol. The van der Waals surface area contributed by atoms with Gasteiger partial charge in [0.2, 0.25) is 0 Å². The minimum atomic E-state index is 0.464. The summed E-state index contributed by atoms with van der Waals surface area (Å²) >= 11 is 0. The second kappa shape index (κ2) is 3.38. The highest BCUT2D eigenvalue weighted by Gasteiger charge is 2.29. The smallest absolute Gasteiger partial charge is 0.0583 e. The van der Waals surface area contributed by atoms with Crippen LogP contribution in [0, 0.1) is 0 Å². The Labute approximate surface area is 78.7 Å². The van der Waals surface area contributed by atoms with Crippen LogP contribution in [0.5, 0.6) is 0 Å². The first kappa shape index (κ1) is 8.57. The van der Waals surface area contributed by atoms with E-state index in [4.69, 9.17) is 10.5 Å². The van der Waals surface area contributed by atoms with E-state index in [2.05, 4.69) is 12.1 Å². The molecule has 1 saturated carbocycles. The van der Waals surface area contributed by atoms with Crippen molar-refractivity contribution in [1.29, 1.82) is 0 Å². The van der Waals surface area contributed by atoms with Crippen LogP contribution in [0.3, 0.4) is 0 Å². The fourth-order valence-electron chi connectivity index (χ4n) is 1.84. The number of hydrogen-bond acceptors (Lipinski definition) is 2. The number of ether oxygens (including phenoxy) is 1. The lowest BCUT2D eigenvalue weighted by molar-refractivity contribution is 0.0258. The van der Waals surface area contributed by atoms with Crippen molar-refractivity contribution in [3.05, 3.63) is 29.8 Å². The molecule has 2 rings (SSSR count). The molecule has 0 amide bonds. The number of methoxy groups -OCH3 is 1. The molecule has 0 spiro atoms. The zero-order chi connectivity index (χ0) is 9.26. The molecule has 1 fully saturated rings. The summed E-state index contributed by atoms with van der Waals surface area (Å²) in [4.78, 5) is 0. The molecule has 0 heterocycles. The average Bonchev–Trinajstić information content (AvgIpc) is 2.02. The van der Waals surface area contributed by atoms with Crippen LogP contribution in [0.2, 0.25) is 0 Å². The van der Waals surface area contributed by atoms with Crippen molar-refractivity contribution in [3.63, 3.8) is 0 Å². The van der Waals surface area contributed by atoms with Gasteiger partial charge in [-0.05, 0) is 36.5 Å². The lowest BCUT2D eigenvalue weighted by atomic mass is 9.77. The van der Waals surface area contributed by atoms with Crippen molar-refractivity contribution in [1.82, 2.24) is 0 Å². The Morgan fingerprint density at radius 1 is 1.38 bits per heavy atom. The maximum absolute atomic E-state index is 5.71. The number of rotatable bonds is 2. The molecule has 0 aliphatic heterocycles. The molecule has 70 valence electrons. The van der Waals surface area contributed by atoms with E-state index in [1.165, 1.54) is 5.56 Å². The predicted molar refractivity (Wildman–Crippen MR) is 53.6 cm³/mol. The van der Waals surface area contributed by atoms with Crippen molar-refractivity contribution in [3.8, 4) is 0 Å². The summed E-state index contributed by atoms with van der Waals surface area (Å²) in [5.74, 6) is 0.661. The molecule has 0 saturated heterocycles. The van der Waals surface area contributed by atoms with Crippen LogP contribution in [0.15, 0.2) is 24.3 Å². The van der Waals surface area contributed by atoms with Gasteiger partial charge in [-0.3, -0.25) is 0 Å². The number of nitrogen functional groups attached to an aromatic ring is 1. The molecule has 0 radical (unpaired) electrons. The van der Waals surface area contributed by atoms with Gasteiger partial charge >= 0.3 is 0 Å². The van der Waals surface area contributed by atoms with Gasteiger partial charge in [-0.2, -0.15) is 0 Å². The third-order valence-corrected chi connectivity index (χ3v) is 2.81. The maximum Gasteiger partial charge on any atom is 0.0583 e. The molecule has 0 atom stereocenters. The van der Waals surface area contributed by atoms with Crippen molar-refractivity contribution >= 4 is 5.69 Å². The van der Waals surface area contributed by atoms with Crippen molar-refractivity contribution < 1.29 is 4.74 Å². The second-order valence-corrected chi connectivity index (χ2v) is 3.70. The molecule has 0 aromatic heterocycles. The lowest BCUT2D eigenvalue weighted by Gasteiger charge is -2.34. The SMILES string of the molecule is COC1CC(c2cccc(N)c2)C1. The topological polar surface area (TPSA) is 35.2 Å². The number of hydrogen-bond donors (Lipinski definition) is 1. The van der Waals surface area contributed by atoms with Crippen LogP contribution in [0.25, 0.3) is 0 Å². The minimum absolute atomic E-state index is 0.464. The Bertz CT molecular complexity index is 292.